The van der Waals surface area contributed by atoms with E-state index in [1.807, 2.05) is 20.8 Å². The molecule has 0 saturated heterocycles. The summed E-state index contributed by atoms with van der Waals surface area (Å²) in [5, 5.41) is 4.02. The molecule has 0 amide bonds. The quantitative estimate of drug-likeness (QED) is 0.850. The number of esters is 1. The van der Waals surface area contributed by atoms with E-state index in [1.165, 1.54) is 0 Å². The summed E-state index contributed by atoms with van der Waals surface area (Å²) in [6.07, 6.45) is 0. The van der Waals surface area contributed by atoms with Crippen molar-refractivity contribution in [1.29, 1.82) is 0 Å². The molecule has 0 aliphatic heterocycles. The van der Waals surface area contributed by atoms with Gasteiger partial charge in [-0.25, -0.2) is 4.79 Å². The Morgan fingerprint density at radius 3 is 2.44 bits per heavy atom. The van der Waals surface area contributed by atoms with E-state index in [1.54, 1.807) is 25.1 Å². The van der Waals surface area contributed by atoms with Crippen molar-refractivity contribution in [2.24, 2.45) is 0 Å². The highest BCUT2D eigenvalue weighted by molar-refractivity contribution is 6.36. The van der Waals surface area contributed by atoms with Crippen LogP contribution in [-0.4, -0.2) is 17.6 Å². The molecule has 1 unspecified atom stereocenters. The van der Waals surface area contributed by atoms with Crippen LogP contribution in [0.3, 0.4) is 0 Å². The van der Waals surface area contributed by atoms with Gasteiger partial charge in [-0.05, 0) is 45.9 Å². The minimum absolute atomic E-state index is 0.325. The van der Waals surface area contributed by atoms with E-state index >= 15 is 0 Å². The summed E-state index contributed by atoms with van der Waals surface area (Å²) in [5.74, 6) is -0.325. The molecule has 0 radical (unpaired) electrons. The lowest BCUT2D eigenvalue weighted by Gasteiger charge is -2.23. The number of carbonyl (C=O) groups is 1. The summed E-state index contributed by atoms with van der Waals surface area (Å²) in [5.41, 5.74) is 0.149. The minimum atomic E-state index is -0.503. The van der Waals surface area contributed by atoms with Crippen LogP contribution in [-0.2, 0) is 9.53 Å². The molecule has 1 aromatic carbocycles. The Hall–Kier alpha value is -0.930. The van der Waals surface area contributed by atoms with Gasteiger partial charge in [0, 0.05) is 5.02 Å². The third-order valence-corrected chi connectivity index (χ3v) is 2.61. The standard InChI is InChI=1S/C13H17Cl2NO2/c1-8(12(17)18-13(2,3)4)16-11-6-5-9(14)7-10(11)15/h5-8,16H,1-4H3. The van der Waals surface area contributed by atoms with Gasteiger partial charge in [0.05, 0.1) is 10.7 Å². The molecule has 1 N–H and O–H groups in total. The maximum absolute atomic E-state index is 11.8. The van der Waals surface area contributed by atoms with Crippen molar-refractivity contribution in [2.45, 2.75) is 39.3 Å². The highest BCUT2D eigenvalue weighted by atomic mass is 35.5. The maximum atomic E-state index is 11.8. The SMILES string of the molecule is CC(Nc1ccc(Cl)cc1Cl)C(=O)OC(C)(C)C. The zero-order valence-corrected chi connectivity index (χ0v) is 12.4. The van der Waals surface area contributed by atoms with E-state index in [-0.39, 0.29) is 5.97 Å². The summed E-state index contributed by atoms with van der Waals surface area (Å²) < 4.78 is 5.26. The number of anilines is 1. The Labute approximate surface area is 117 Å². The van der Waals surface area contributed by atoms with Crippen LogP contribution in [0.5, 0.6) is 0 Å². The van der Waals surface area contributed by atoms with Crippen LogP contribution in [0.15, 0.2) is 18.2 Å². The van der Waals surface area contributed by atoms with E-state index in [0.29, 0.717) is 15.7 Å². The van der Waals surface area contributed by atoms with Gasteiger partial charge in [-0.3, -0.25) is 0 Å². The summed E-state index contributed by atoms with van der Waals surface area (Å²) >= 11 is 11.8. The summed E-state index contributed by atoms with van der Waals surface area (Å²) in [4.78, 5) is 11.8. The van der Waals surface area contributed by atoms with Crippen molar-refractivity contribution in [2.75, 3.05) is 5.32 Å². The van der Waals surface area contributed by atoms with Crippen molar-refractivity contribution in [1.82, 2.24) is 0 Å². The van der Waals surface area contributed by atoms with Crippen molar-refractivity contribution in [3.63, 3.8) is 0 Å². The molecule has 5 heteroatoms. The molecule has 0 aliphatic carbocycles. The summed E-state index contributed by atoms with van der Waals surface area (Å²) in [6.45, 7) is 7.20. The first kappa shape index (κ1) is 15.1. The highest BCUT2D eigenvalue weighted by Crippen LogP contribution is 2.26. The van der Waals surface area contributed by atoms with Crippen LogP contribution in [0, 0.1) is 0 Å². The Morgan fingerprint density at radius 2 is 1.94 bits per heavy atom. The van der Waals surface area contributed by atoms with E-state index in [4.69, 9.17) is 27.9 Å². The Bertz CT molecular complexity index is 441. The number of ether oxygens (including phenoxy) is 1. The van der Waals surface area contributed by atoms with Crippen LogP contribution in [0.25, 0.3) is 0 Å². The van der Waals surface area contributed by atoms with Gasteiger partial charge < -0.3 is 10.1 Å². The van der Waals surface area contributed by atoms with Gasteiger partial charge in [0.25, 0.3) is 0 Å². The molecule has 100 valence electrons. The number of carbonyl (C=O) groups excluding carboxylic acids is 1. The smallest absolute Gasteiger partial charge is 0.328 e. The molecule has 18 heavy (non-hydrogen) atoms. The fraction of sp³-hybridized carbons (Fsp3) is 0.462. The fourth-order valence-electron chi connectivity index (χ4n) is 1.29. The molecule has 0 aliphatic rings. The lowest BCUT2D eigenvalue weighted by Crippen LogP contribution is -2.34. The third-order valence-electron chi connectivity index (χ3n) is 2.06. The molecule has 0 saturated carbocycles. The number of hydrogen-bond acceptors (Lipinski definition) is 3. The number of rotatable bonds is 3. The zero-order valence-electron chi connectivity index (χ0n) is 10.9. The Morgan fingerprint density at radius 1 is 1.33 bits per heavy atom. The van der Waals surface area contributed by atoms with E-state index < -0.39 is 11.6 Å². The normalized spacial score (nSPS) is 13.0. The first-order valence-corrected chi connectivity index (χ1v) is 6.39. The predicted molar refractivity (Wildman–Crippen MR) is 75.4 cm³/mol. The average Bonchev–Trinajstić information content (AvgIpc) is 2.19. The van der Waals surface area contributed by atoms with Gasteiger partial charge in [0.2, 0.25) is 0 Å². The second-order valence-electron chi connectivity index (χ2n) is 5.02. The fourth-order valence-corrected chi connectivity index (χ4v) is 1.75. The van der Waals surface area contributed by atoms with Crippen molar-refractivity contribution >= 4 is 34.9 Å². The molecular weight excluding hydrogens is 273 g/mol. The first-order chi connectivity index (χ1) is 8.19. The maximum Gasteiger partial charge on any atom is 0.328 e. The minimum Gasteiger partial charge on any atom is -0.458 e. The van der Waals surface area contributed by atoms with Crippen molar-refractivity contribution < 1.29 is 9.53 Å². The van der Waals surface area contributed by atoms with Crippen molar-refractivity contribution in [3.05, 3.63) is 28.2 Å². The molecule has 0 bridgehead atoms. The third kappa shape index (κ3) is 4.75. The summed E-state index contributed by atoms with van der Waals surface area (Å²) in [7, 11) is 0. The van der Waals surface area contributed by atoms with Crippen molar-refractivity contribution in [3.8, 4) is 0 Å². The second kappa shape index (κ2) is 5.81. The van der Waals surface area contributed by atoms with Gasteiger partial charge in [0.15, 0.2) is 0 Å². The van der Waals surface area contributed by atoms with Crippen LogP contribution < -0.4 is 5.32 Å². The second-order valence-corrected chi connectivity index (χ2v) is 5.87. The first-order valence-electron chi connectivity index (χ1n) is 5.63. The van der Waals surface area contributed by atoms with Gasteiger partial charge in [-0.1, -0.05) is 23.2 Å². The molecule has 1 aromatic rings. The van der Waals surface area contributed by atoms with Gasteiger partial charge in [0.1, 0.15) is 11.6 Å². The molecule has 0 spiro atoms. The predicted octanol–water partition coefficient (Wildman–Crippen LogP) is 4.14. The van der Waals surface area contributed by atoms with E-state index in [9.17, 15) is 4.79 Å². The molecule has 0 heterocycles. The monoisotopic (exact) mass is 289 g/mol. The highest BCUT2D eigenvalue weighted by Gasteiger charge is 2.21. The van der Waals surface area contributed by atoms with Gasteiger partial charge in [-0.15, -0.1) is 0 Å². The molecule has 0 aromatic heterocycles. The molecule has 1 rings (SSSR count). The average molecular weight is 290 g/mol. The molecule has 3 nitrogen and oxygen atoms in total. The number of hydrogen-bond donors (Lipinski definition) is 1. The number of nitrogens with one attached hydrogen (secondary N) is 1. The Kier molecular flexibility index (Phi) is 4.88. The molecule has 0 fully saturated rings. The molecule has 1 atom stereocenters. The zero-order chi connectivity index (χ0) is 13.9. The van der Waals surface area contributed by atoms with Crippen LogP contribution in [0.1, 0.15) is 27.7 Å². The lowest BCUT2D eigenvalue weighted by molar-refractivity contribution is -0.155. The van der Waals surface area contributed by atoms with Gasteiger partial charge >= 0.3 is 5.97 Å². The largest absolute Gasteiger partial charge is 0.458 e. The van der Waals surface area contributed by atoms with Crippen LogP contribution >= 0.6 is 23.2 Å². The topological polar surface area (TPSA) is 38.3 Å². The number of halogens is 2. The van der Waals surface area contributed by atoms with Crippen LogP contribution in [0.2, 0.25) is 10.0 Å². The lowest BCUT2D eigenvalue weighted by atomic mass is 10.2. The van der Waals surface area contributed by atoms with E-state index in [2.05, 4.69) is 5.32 Å². The van der Waals surface area contributed by atoms with Crippen LogP contribution in [0.4, 0.5) is 5.69 Å². The van der Waals surface area contributed by atoms with E-state index in [0.717, 1.165) is 0 Å². The Balaban J connectivity index is 2.69. The van der Waals surface area contributed by atoms with Gasteiger partial charge in [-0.2, -0.15) is 0 Å². The number of benzene rings is 1. The summed E-state index contributed by atoms with van der Waals surface area (Å²) in [6, 6.07) is 4.57. The molecular formula is C13H17Cl2NO2.